The van der Waals surface area contributed by atoms with Gasteiger partial charge < -0.3 is 4.74 Å². The first kappa shape index (κ1) is 18.7. The number of nitrogens with zero attached hydrogens (tertiary/aromatic N) is 5. The Morgan fingerprint density at radius 2 is 1.87 bits per heavy atom. The van der Waals surface area contributed by atoms with Gasteiger partial charge in [0.15, 0.2) is 11.5 Å². The number of benzene rings is 2. The van der Waals surface area contributed by atoms with Crippen molar-refractivity contribution in [3.8, 4) is 11.6 Å². The lowest BCUT2D eigenvalue weighted by molar-refractivity contribution is -0.384. The molecule has 0 radical (unpaired) electrons. The van der Waals surface area contributed by atoms with Crippen LogP contribution >= 0.6 is 0 Å². The van der Waals surface area contributed by atoms with Crippen LogP contribution in [-0.4, -0.2) is 24.7 Å². The molecule has 0 saturated heterocycles. The van der Waals surface area contributed by atoms with Crippen LogP contribution in [0.15, 0.2) is 72.9 Å². The molecule has 8 nitrogen and oxygen atoms in total. The molecule has 0 aliphatic carbocycles. The predicted molar refractivity (Wildman–Crippen MR) is 116 cm³/mol. The normalized spacial score (nSPS) is 11.1. The van der Waals surface area contributed by atoms with E-state index in [0.29, 0.717) is 45.8 Å². The fourth-order valence-corrected chi connectivity index (χ4v) is 3.57. The second kappa shape index (κ2) is 7.49. The van der Waals surface area contributed by atoms with E-state index in [9.17, 15) is 10.1 Å². The van der Waals surface area contributed by atoms with Crippen molar-refractivity contribution in [3.63, 3.8) is 0 Å². The molecule has 0 saturated carbocycles. The number of aromatic nitrogens is 4. The summed E-state index contributed by atoms with van der Waals surface area (Å²) >= 11 is 0. The fraction of sp³-hybridized carbons (Fsp3) is 0.0870. The van der Waals surface area contributed by atoms with E-state index in [1.54, 1.807) is 16.9 Å². The maximum Gasteiger partial charge on any atom is 0.270 e. The number of aryl methyl sites for hydroxylation is 1. The van der Waals surface area contributed by atoms with Crippen LogP contribution < -0.4 is 4.74 Å². The Kier molecular flexibility index (Phi) is 4.51. The van der Waals surface area contributed by atoms with Crippen molar-refractivity contribution in [3.05, 3.63) is 94.3 Å². The van der Waals surface area contributed by atoms with Gasteiger partial charge in [-0.1, -0.05) is 36.4 Å². The van der Waals surface area contributed by atoms with Crippen LogP contribution in [0.25, 0.3) is 27.8 Å². The van der Waals surface area contributed by atoms with E-state index in [2.05, 4.69) is 10.1 Å². The highest BCUT2D eigenvalue weighted by molar-refractivity contribution is 6.02. The van der Waals surface area contributed by atoms with Crippen molar-refractivity contribution in [1.29, 1.82) is 0 Å². The molecule has 0 aliphatic heterocycles. The summed E-state index contributed by atoms with van der Waals surface area (Å²) in [7, 11) is 0. The number of hydrogen-bond donors (Lipinski definition) is 0. The molecular weight excluding hydrogens is 394 g/mol. The van der Waals surface area contributed by atoms with E-state index in [-0.39, 0.29) is 5.69 Å². The van der Waals surface area contributed by atoms with Gasteiger partial charge in [-0.25, -0.2) is 9.97 Å². The van der Waals surface area contributed by atoms with Gasteiger partial charge in [0.05, 0.1) is 21.5 Å². The van der Waals surface area contributed by atoms with Gasteiger partial charge in [-0.2, -0.15) is 9.78 Å². The second-order valence-corrected chi connectivity index (χ2v) is 7.06. The molecule has 3 aromatic heterocycles. The van der Waals surface area contributed by atoms with E-state index in [4.69, 9.17) is 9.72 Å². The number of rotatable bonds is 5. The van der Waals surface area contributed by atoms with Crippen molar-refractivity contribution < 1.29 is 9.66 Å². The zero-order chi connectivity index (χ0) is 21.4. The molecule has 31 heavy (non-hydrogen) atoms. The van der Waals surface area contributed by atoms with E-state index >= 15 is 0 Å². The smallest absolute Gasteiger partial charge is 0.270 e. The minimum atomic E-state index is -0.422. The molecule has 0 amide bonds. The number of hydrogen-bond acceptors (Lipinski definition) is 6. The Morgan fingerprint density at radius 1 is 1.06 bits per heavy atom. The Bertz CT molecular complexity index is 1420. The molecule has 0 spiro atoms. The third kappa shape index (κ3) is 3.33. The maximum absolute atomic E-state index is 11.4. The van der Waals surface area contributed by atoms with Crippen LogP contribution in [-0.2, 0) is 6.61 Å². The van der Waals surface area contributed by atoms with E-state index in [1.807, 2.05) is 55.5 Å². The van der Waals surface area contributed by atoms with Crippen LogP contribution in [0.2, 0.25) is 0 Å². The third-order valence-electron chi connectivity index (χ3n) is 5.02. The molecule has 0 aliphatic rings. The van der Waals surface area contributed by atoms with E-state index in [1.165, 1.54) is 12.1 Å². The van der Waals surface area contributed by atoms with Crippen molar-refractivity contribution in [2.45, 2.75) is 13.5 Å². The topological polar surface area (TPSA) is 96.0 Å². The van der Waals surface area contributed by atoms with Gasteiger partial charge >= 0.3 is 0 Å². The molecule has 0 N–H and O–H groups in total. The van der Waals surface area contributed by atoms with Crippen LogP contribution in [0, 0.1) is 17.0 Å². The van der Waals surface area contributed by atoms with Crippen molar-refractivity contribution >= 4 is 27.6 Å². The van der Waals surface area contributed by atoms with Gasteiger partial charge in [0.1, 0.15) is 12.4 Å². The van der Waals surface area contributed by atoms with Gasteiger partial charge in [-0.15, -0.1) is 0 Å². The first-order chi connectivity index (χ1) is 15.1. The average Bonchev–Trinajstić information content (AvgIpc) is 3.13. The summed E-state index contributed by atoms with van der Waals surface area (Å²) in [6, 6.07) is 19.9. The van der Waals surface area contributed by atoms with Crippen LogP contribution in [0.1, 0.15) is 11.3 Å². The summed E-state index contributed by atoms with van der Waals surface area (Å²) in [5.41, 5.74) is 2.83. The number of nitro groups is 1. The molecule has 152 valence electrons. The molecule has 5 rings (SSSR count). The molecule has 0 fully saturated rings. The van der Waals surface area contributed by atoms with E-state index < -0.39 is 4.92 Å². The molecule has 5 aromatic rings. The lowest BCUT2D eigenvalue weighted by atomic mass is 10.1. The molecule has 0 unspecified atom stereocenters. The molecule has 2 aromatic carbocycles. The highest BCUT2D eigenvalue weighted by Crippen LogP contribution is 2.37. The lowest BCUT2D eigenvalue weighted by Gasteiger charge is -2.12. The highest BCUT2D eigenvalue weighted by Gasteiger charge is 2.21. The van der Waals surface area contributed by atoms with Crippen LogP contribution in [0.4, 0.5) is 5.69 Å². The van der Waals surface area contributed by atoms with Gasteiger partial charge in [-0.05, 0) is 30.7 Å². The third-order valence-corrected chi connectivity index (χ3v) is 5.02. The number of ether oxygens (including phenoxy) is 1. The predicted octanol–water partition coefficient (Wildman–Crippen LogP) is 4.76. The zero-order valence-electron chi connectivity index (χ0n) is 16.6. The quantitative estimate of drug-likeness (QED) is 0.305. The van der Waals surface area contributed by atoms with Crippen molar-refractivity contribution in [2.24, 2.45) is 0 Å². The van der Waals surface area contributed by atoms with Crippen molar-refractivity contribution in [1.82, 2.24) is 19.7 Å². The molecular formula is C23H17N5O3. The Morgan fingerprint density at radius 3 is 2.61 bits per heavy atom. The number of pyridine rings is 2. The van der Waals surface area contributed by atoms with Crippen LogP contribution in [0.5, 0.6) is 5.75 Å². The summed E-state index contributed by atoms with van der Waals surface area (Å²) in [6.07, 6.45) is 1.69. The number of non-ortho nitro benzene ring substituents is 1. The monoisotopic (exact) mass is 411 g/mol. The summed E-state index contributed by atoms with van der Waals surface area (Å²) < 4.78 is 7.91. The van der Waals surface area contributed by atoms with Crippen LogP contribution in [0.3, 0.4) is 0 Å². The average molecular weight is 411 g/mol. The standard InChI is InChI=1S/C23H17N5O3/c1-15-21-22(31-14-16-7-3-2-4-8-16)18-13-17(28(29)30)10-11-19(18)25-23(21)27(26-15)20-9-5-6-12-24-20/h2-13H,14H2,1H3. The highest BCUT2D eigenvalue weighted by atomic mass is 16.6. The molecule has 8 heteroatoms. The number of nitro benzene ring substituents is 1. The number of fused-ring (bicyclic) bond motifs is 2. The summed E-state index contributed by atoms with van der Waals surface area (Å²) in [5, 5.41) is 17.3. The SMILES string of the molecule is Cc1nn(-c2ccccn2)c2nc3ccc([N+](=O)[O-])cc3c(OCc3ccccc3)c12. The molecule has 0 bridgehead atoms. The Hall–Kier alpha value is -4.33. The Balaban J connectivity index is 1.76. The zero-order valence-corrected chi connectivity index (χ0v) is 16.6. The van der Waals surface area contributed by atoms with E-state index in [0.717, 1.165) is 5.56 Å². The minimum Gasteiger partial charge on any atom is -0.487 e. The first-order valence-electron chi connectivity index (χ1n) is 9.67. The summed E-state index contributed by atoms with van der Waals surface area (Å²) in [6.45, 7) is 2.17. The van der Waals surface area contributed by atoms with Gasteiger partial charge in [-0.3, -0.25) is 10.1 Å². The second-order valence-electron chi connectivity index (χ2n) is 7.06. The van der Waals surface area contributed by atoms with Crippen molar-refractivity contribution in [2.75, 3.05) is 0 Å². The molecule has 3 heterocycles. The van der Waals surface area contributed by atoms with Gasteiger partial charge in [0.25, 0.3) is 5.69 Å². The summed E-state index contributed by atoms with van der Waals surface area (Å²) in [4.78, 5) is 20.1. The molecule has 0 atom stereocenters. The largest absolute Gasteiger partial charge is 0.487 e. The first-order valence-corrected chi connectivity index (χ1v) is 9.67. The van der Waals surface area contributed by atoms with Gasteiger partial charge in [0, 0.05) is 23.7 Å². The minimum absolute atomic E-state index is 0.0204. The lowest BCUT2D eigenvalue weighted by Crippen LogP contribution is -2.02. The fourth-order valence-electron chi connectivity index (χ4n) is 3.57. The maximum atomic E-state index is 11.4. The summed E-state index contributed by atoms with van der Waals surface area (Å²) in [5.74, 6) is 1.15. The Labute approximate surface area is 176 Å². The van der Waals surface area contributed by atoms with Gasteiger partial charge in [0.2, 0.25) is 0 Å².